The van der Waals surface area contributed by atoms with Gasteiger partial charge >= 0.3 is 12.1 Å². The molecule has 0 amide bonds. The molecular formula is C12H15F3N2O4. The van der Waals surface area contributed by atoms with E-state index in [0.29, 0.717) is 0 Å². The highest BCUT2D eigenvalue weighted by Crippen LogP contribution is 2.33. The van der Waals surface area contributed by atoms with Crippen LogP contribution in [0.25, 0.3) is 0 Å². The number of rotatable bonds is 6. The summed E-state index contributed by atoms with van der Waals surface area (Å²) in [6, 6.07) is 2.97. The second kappa shape index (κ2) is 6.29. The van der Waals surface area contributed by atoms with Gasteiger partial charge in [-0.1, -0.05) is 6.07 Å². The molecule has 0 saturated carbocycles. The van der Waals surface area contributed by atoms with Gasteiger partial charge in [-0.2, -0.15) is 13.2 Å². The van der Waals surface area contributed by atoms with Crippen LogP contribution in [0.2, 0.25) is 0 Å². The zero-order chi connectivity index (χ0) is 16.3. The molecule has 1 aromatic rings. The number of nitrogens with one attached hydrogen (secondary N) is 1. The molecule has 0 aliphatic heterocycles. The van der Waals surface area contributed by atoms with E-state index in [2.05, 4.69) is 5.32 Å². The molecule has 0 saturated heterocycles. The molecule has 0 spiro atoms. The van der Waals surface area contributed by atoms with E-state index >= 15 is 0 Å². The van der Waals surface area contributed by atoms with Gasteiger partial charge in [0.1, 0.15) is 0 Å². The highest BCUT2D eigenvalue weighted by molar-refractivity contribution is 5.79. The molecule has 6 nitrogen and oxygen atoms in total. The van der Waals surface area contributed by atoms with Gasteiger partial charge in [-0.15, -0.1) is 0 Å². The van der Waals surface area contributed by atoms with Crippen LogP contribution in [0.3, 0.4) is 0 Å². The van der Waals surface area contributed by atoms with Crippen LogP contribution < -0.4 is 11.1 Å². The zero-order valence-electron chi connectivity index (χ0n) is 10.8. The Balaban J connectivity index is 2.90. The number of aliphatic carboxylic acids is 1. The van der Waals surface area contributed by atoms with Crippen LogP contribution in [0.5, 0.6) is 0 Å². The molecule has 0 fully saturated rings. The van der Waals surface area contributed by atoms with Crippen molar-refractivity contribution in [3.63, 3.8) is 0 Å². The van der Waals surface area contributed by atoms with Crippen LogP contribution in [-0.2, 0) is 17.5 Å². The van der Waals surface area contributed by atoms with Crippen LogP contribution >= 0.6 is 0 Å². The number of carbonyl (C=O) groups is 1. The molecule has 21 heavy (non-hydrogen) atoms. The molecule has 1 aromatic carbocycles. The van der Waals surface area contributed by atoms with Crippen molar-refractivity contribution in [2.75, 3.05) is 18.9 Å². The van der Waals surface area contributed by atoms with Gasteiger partial charge < -0.3 is 21.1 Å². The van der Waals surface area contributed by atoms with Crippen LogP contribution in [-0.4, -0.2) is 40.0 Å². The number of halogens is 3. The number of carboxylic acids is 1. The van der Waals surface area contributed by atoms with E-state index in [4.69, 9.17) is 21.1 Å². The summed E-state index contributed by atoms with van der Waals surface area (Å²) in [6.45, 7) is -1.94. The predicted molar refractivity (Wildman–Crippen MR) is 67.2 cm³/mol. The normalized spacial score (nSPS) is 12.4. The molecule has 0 aliphatic carbocycles. The monoisotopic (exact) mass is 308 g/mol. The molecule has 0 atom stereocenters. The van der Waals surface area contributed by atoms with Gasteiger partial charge in [0.15, 0.2) is 5.54 Å². The molecule has 9 heteroatoms. The number of anilines is 1. The molecule has 0 aromatic heterocycles. The lowest BCUT2D eigenvalue weighted by Gasteiger charge is -2.26. The largest absolute Gasteiger partial charge is 0.480 e. The van der Waals surface area contributed by atoms with E-state index in [1.54, 1.807) is 0 Å². The fraction of sp³-hybridized carbons (Fsp3) is 0.417. The number of benzene rings is 1. The Kier molecular flexibility index (Phi) is 5.15. The minimum absolute atomic E-state index is 0.185. The van der Waals surface area contributed by atoms with Crippen molar-refractivity contribution < 1.29 is 33.3 Å². The van der Waals surface area contributed by atoms with Gasteiger partial charge in [0.05, 0.1) is 18.8 Å². The molecule has 0 radical (unpaired) electrons. The Morgan fingerprint density at radius 2 is 1.81 bits per heavy atom. The molecule has 6 N–H and O–H groups in total. The molecule has 0 bridgehead atoms. The molecular weight excluding hydrogens is 293 g/mol. The van der Waals surface area contributed by atoms with Crippen molar-refractivity contribution in [2.24, 2.45) is 0 Å². The zero-order valence-corrected chi connectivity index (χ0v) is 10.8. The van der Waals surface area contributed by atoms with E-state index in [0.717, 1.165) is 18.2 Å². The maximum atomic E-state index is 12.5. The summed E-state index contributed by atoms with van der Waals surface area (Å²) in [5.41, 5.74) is 2.14. The molecule has 1 rings (SSSR count). The van der Waals surface area contributed by atoms with Crippen molar-refractivity contribution in [1.29, 1.82) is 0 Å². The molecule has 118 valence electrons. The maximum absolute atomic E-state index is 12.5. The number of alkyl halides is 3. The molecule has 0 heterocycles. The Bertz CT molecular complexity index is 516. The van der Waals surface area contributed by atoms with Crippen molar-refractivity contribution in [2.45, 2.75) is 18.3 Å². The van der Waals surface area contributed by atoms with Crippen LogP contribution in [0.4, 0.5) is 18.9 Å². The first kappa shape index (κ1) is 17.2. The third-order valence-electron chi connectivity index (χ3n) is 3.00. The molecule has 0 unspecified atom stereocenters. The number of hydrogen-bond donors (Lipinski definition) is 5. The Morgan fingerprint density at radius 3 is 2.19 bits per heavy atom. The van der Waals surface area contributed by atoms with E-state index < -0.39 is 42.1 Å². The van der Waals surface area contributed by atoms with Crippen molar-refractivity contribution in [3.8, 4) is 0 Å². The summed E-state index contributed by atoms with van der Waals surface area (Å²) >= 11 is 0. The second-order valence-electron chi connectivity index (χ2n) is 4.48. The standard InChI is InChI=1S/C12H15F3N2O4/c13-12(14,15)8-2-1-7(3-9(8)16)4-17-11(5-18,6-19)10(20)21/h1-3,17-19H,4-6,16H2,(H,20,21). The lowest BCUT2D eigenvalue weighted by atomic mass is 10.0. The Morgan fingerprint density at radius 1 is 1.24 bits per heavy atom. The smallest absolute Gasteiger partial charge is 0.418 e. The predicted octanol–water partition coefficient (Wildman–Crippen LogP) is 0.185. The highest BCUT2D eigenvalue weighted by atomic mass is 19.4. The van der Waals surface area contributed by atoms with Gasteiger partial charge in [-0.3, -0.25) is 10.1 Å². The van der Waals surface area contributed by atoms with E-state index in [-0.39, 0.29) is 12.1 Å². The fourth-order valence-electron chi connectivity index (χ4n) is 1.62. The van der Waals surface area contributed by atoms with Crippen LogP contribution in [0.15, 0.2) is 18.2 Å². The summed E-state index contributed by atoms with van der Waals surface area (Å²) in [5.74, 6) is -1.48. The minimum Gasteiger partial charge on any atom is -0.480 e. The van der Waals surface area contributed by atoms with Crippen molar-refractivity contribution in [3.05, 3.63) is 29.3 Å². The summed E-state index contributed by atoms with van der Waals surface area (Å²) in [6.07, 6.45) is -4.57. The third-order valence-corrected chi connectivity index (χ3v) is 3.00. The highest BCUT2D eigenvalue weighted by Gasteiger charge is 2.37. The Labute approximate surface area is 118 Å². The number of aliphatic hydroxyl groups excluding tert-OH is 2. The first-order valence-corrected chi connectivity index (χ1v) is 5.82. The lowest BCUT2D eigenvalue weighted by molar-refractivity contribution is -0.149. The van der Waals surface area contributed by atoms with Gasteiger partial charge in [-0.25, -0.2) is 0 Å². The topological polar surface area (TPSA) is 116 Å². The van der Waals surface area contributed by atoms with Crippen LogP contribution in [0, 0.1) is 0 Å². The SMILES string of the molecule is Nc1cc(CNC(CO)(CO)C(=O)O)ccc1C(F)(F)F. The maximum Gasteiger partial charge on any atom is 0.418 e. The fourth-order valence-corrected chi connectivity index (χ4v) is 1.62. The average molecular weight is 308 g/mol. The van der Waals surface area contributed by atoms with E-state index in [1.165, 1.54) is 0 Å². The van der Waals surface area contributed by atoms with Crippen LogP contribution in [0.1, 0.15) is 11.1 Å². The van der Waals surface area contributed by atoms with E-state index in [1.807, 2.05) is 0 Å². The average Bonchev–Trinajstić information content (AvgIpc) is 2.38. The molecule has 0 aliphatic rings. The summed E-state index contributed by atoms with van der Waals surface area (Å²) in [5, 5.41) is 29.5. The Hall–Kier alpha value is -1.84. The van der Waals surface area contributed by atoms with E-state index in [9.17, 15) is 18.0 Å². The number of aliphatic hydroxyl groups is 2. The van der Waals surface area contributed by atoms with Gasteiger partial charge in [0, 0.05) is 12.2 Å². The minimum atomic E-state index is -4.57. The summed E-state index contributed by atoms with van der Waals surface area (Å²) in [7, 11) is 0. The third kappa shape index (κ3) is 3.84. The second-order valence-corrected chi connectivity index (χ2v) is 4.48. The van der Waals surface area contributed by atoms with Gasteiger partial charge in [-0.05, 0) is 17.7 Å². The summed E-state index contributed by atoms with van der Waals surface area (Å²) < 4.78 is 37.6. The van der Waals surface area contributed by atoms with Crippen molar-refractivity contribution >= 4 is 11.7 Å². The first-order chi connectivity index (χ1) is 9.66. The summed E-state index contributed by atoms with van der Waals surface area (Å²) in [4.78, 5) is 11.0. The van der Waals surface area contributed by atoms with Gasteiger partial charge in [0.25, 0.3) is 0 Å². The number of carboxylic acid groups (broad SMARTS) is 1. The lowest BCUT2D eigenvalue weighted by Crippen LogP contribution is -2.57. The van der Waals surface area contributed by atoms with Gasteiger partial charge in [0.2, 0.25) is 0 Å². The number of nitrogen functional groups attached to an aromatic ring is 1. The van der Waals surface area contributed by atoms with Crippen molar-refractivity contribution in [1.82, 2.24) is 5.32 Å². The number of hydrogen-bond acceptors (Lipinski definition) is 5. The quantitative estimate of drug-likeness (QED) is 0.479. The number of nitrogens with two attached hydrogens (primary N) is 1. The first-order valence-electron chi connectivity index (χ1n) is 5.82.